The van der Waals surface area contributed by atoms with Crippen molar-refractivity contribution in [3.8, 4) is 5.75 Å². The van der Waals surface area contributed by atoms with E-state index >= 15 is 0 Å². The number of pyridine rings is 1. The van der Waals surface area contributed by atoms with Crippen molar-refractivity contribution in [1.82, 2.24) is 4.57 Å². The lowest BCUT2D eigenvalue weighted by Crippen LogP contribution is -2.27. The molecule has 0 aliphatic heterocycles. The standard InChI is InChI=1S/C13H10BrClFNO3S/c14-11-5-9(15)6-17(13(11)19)12(7-18)8-2-1-3-10(4-8)20-21-16/h1-6,12,18H,7H2. The number of aliphatic hydroxyl groups excluding tert-OH is 1. The molecule has 0 saturated carbocycles. The molecule has 1 aromatic carbocycles. The summed E-state index contributed by atoms with van der Waals surface area (Å²) in [6.45, 7) is -0.321. The second-order valence-electron chi connectivity index (χ2n) is 4.14. The third kappa shape index (κ3) is 3.79. The van der Waals surface area contributed by atoms with E-state index < -0.39 is 6.04 Å². The molecule has 0 amide bonds. The topological polar surface area (TPSA) is 51.5 Å². The van der Waals surface area contributed by atoms with E-state index in [-0.39, 0.29) is 30.3 Å². The summed E-state index contributed by atoms with van der Waals surface area (Å²) < 4.78 is 18.5. The van der Waals surface area contributed by atoms with Gasteiger partial charge in [0.25, 0.3) is 18.0 Å². The highest BCUT2D eigenvalue weighted by atomic mass is 79.9. The molecule has 0 saturated heterocycles. The maximum atomic E-state index is 12.2. The molecule has 0 radical (unpaired) electrons. The summed E-state index contributed by atoms with van der Waals surface area (Å²) in [6, 6.07) is 7.30. The number of hydrogen-bond donors (Lipinski definition) is 1. The molecule has 0 spiro atoms. The van der Waals surface area contributed by atoms with Crippen LogP contribution >= 0.6 is 40.0 Å². The monoisotopic (exact) mass is 393 g/mol. The summed E-state index contributed by atoms with van der Waals surface area (Å²) in [5.41, 5.74) is 0.268. The van der Waals surface area contributed by atoms with Crippen molar-refractivity contribution in [2.24, 2.45) is 0 Å². The minimum Gasteiger partial charge on any atom is -0.397 e. The fraction of sp³-hybridized carbons (Fsp3) is 0.154. The van der Waals surface area contributed by atoms with Crippen molar-refractivity contribution in [2.75, 3.05) is 6.61 Å². The first-order chi connectivity index (χ1) is 10.1. The van der Waals surface area contributed by atoms with Gasteiger partial charge in [0.15, 0.2) is 0 Å². The normalized spacial score (nSPS) is 12.2. The predicted octanol–water partition coefficient (Wildman–Crippen LogP) is 3.76. The quantitative estimate of drug-likeness (QED) is 0.785. The molecule has 0 bridgehead atoms. The van der Waals surface area contributed by atoms with Gasteiger partial charge in [-0.15, -0.1) is 3.89 Å². The molecule has 21 heavy (non-hydrogen) atoms. The van der Waals surface area contributed by atoms with Gasteiger partial charge in [-0.05, 0) is 39.7 Å². The molecule has 0 aliphatic rings. The first-order valence-corrected chi connectivity index (χ1v) is 7.61. The van der Waals surface area contributed by atoms with Crippen LogP contribution in [0.4, 0.5) is 3.89 Å². The molecule has 4 nitrogen and oxygen atoms in total. The van der Waals surface area contributed by atoms with E-state index in [1.54, 1.807) is 24.3 Å². The van der Waals surface area contributed by atoms with Crippen molar-refractivity contribution in [2.45, 2.75) is 6.04 Å². The molecule has 1 N–H and O–H groups in total. The highest BCUT2D eigenvalue weighted by molar-refractivity contribution is 9.10. The van der Waals surface area contributed by atoms with E-state index in [1.165, 1.54) is 16.8 Å². The smallest absolute Gasteiger partial charge is 0.272 e. The lowest BCUT2D eigenvalue weighted by atomic mass is 10.1. The minimum absolute atomic E-state index is 0.273. The van der Waals surface area contributed by atoms with E-state index in [1.807, 2.05) is 0 Å². The number of nitrogens with zero attached hydrogens (tertiary/aromatic N) is 1. The second kappa shape index (κ2) is 7.31. The largest absolute Gasteiger partial charge is 0.397 e. The van der Waals surface area contributed by atoms with Gasteiger partial charge in [-0.25, -0.2) is 0 Å². The highest BCUT2D eigenvalue weighted by Gasteiger charge is 2.17. The summed E-state index contributed by atoms with van der Waals surface area (Å²) in [6.07, 6.45) is 1.44. The number of rotatable bonds is 5. The summed E-state index contributed by atoms with van der Waals surface area (Å²) in [4.78, 5) is 12.2. The molecular weight excluding hydrogens is 385 g/mol. The zero-order valence-electron chi connectivity index (χ0n) is 10.5. The van der Waals surface area contributed by atoms with Crippen LogP contribution in [-0.2, 0) is 0 Å². The Bertz CT molecular complexity index is 697. The van der Waals surface area contributed by atoms with Crippen LogP contribution in [0.3, 0.4) is 0 Å². The van der Waals surface area contributed by atoms with Gasteiger partial charge in [0.2, 0.25) is 0 Å². The van der Waals surface area contributed by atoms with Gasteiger partial charge in [0, 0.05) is 6.20 Å². The van der Waals surface area contributed by atoms with Crippen LogP contribution in [0, 0.1) is 0 Å². The van der Waals surface area contributed by atoms with Gasteiger partial charge in [-0.3, -0.25) is 4.79 Å². The summed E-state index contributed by atoms with van der Waals surface area (Å²) >= 11 is 8.80. The van der Waals surface area contributed by atoms with Crippen molar-refractivity contribution in [1.29, 1.82) is 0 Å². The number of hydrogen-bond acceptors (Lipinski definition) is 4. The van der Waals surface area contributed by atoms with Crippen LogP contribution in [0.25, 0.3) is 0 Å². The average molecular weight is 395 g/mol. The van der Waals surface area contributed by atoms with E-state index in [0.717, 1.165) is 0 Å². The number of halogens is 3. The van der Waals surface area contributed by atoms with Gasteiger partial charge in [-0.2, -0.15) is 0 Å². The molecule has 2 rings (SSSR count). The van der Waals surface area contributed by atoms with Gasteiger partial charge in [-0.1, -0.05) is 23.7 Å². The van der Waals surface area contributed by atoms with E-state index in [2.05, 4.69) is 15.9 Å². The molecule has 0 aliphatic carbocycles. The fourth-order valence-corrected chi connectivity index (χ4v) is 2.90. The second-order valence-corrected chi connectivity index (χ2v) is 5.72. The Morgan fingerprint density at radius 1 is 1.48 bits per heavy atom. The minimum atomic E-state index is -0.652. The van der Waals surface area contributed by atoms with Crippen LogP contribution in [0.5, 0.6) is 5.75 Å². The van der Waals surface area contributed by atoms with Crippen LogP contribution in [0.1, 0.15) is 11.6 Å². The summed E-state index contributed by atoms with van der Waals surface area (Å²) in [5, 5.41) is 9.98. The maximum absolute atomic E-state index is 12.2. The van der Waals surface area contributed by atoms with Crippen LogP contribution < -0.4 is 9.74 Å². The van der Waals surface area contributed by atoms with Crippen molar-refractivity contribution in [3.05, 3.63) is 61.9 Å². The zero-order chi connectivity index (χ0) is 15.4. The molecule has 1 aromatic heterocycles. The molecule has 8 heteroatoms. The average Bonchev–Trinajstić information content (AvgIpc) is 2.45. The summed E-state index contributed by atoms with van der Waals surface area (Å²) in [7, 11) is 0. The lowest BCUT2D eigenvalue weighted by Gasteiger charge is -2.19. The van der Waals surface area contributed by atoms with Gasteiger partial charge in [0.05, 0.1) is 22.1 Å². The fourth-order valence-electron chi connectivity index (χ4n) is 1.93. The van der Waals surface area contributed by atoms with E-state index in [4.69, 9.17) is 15.8 Å². The Hall–Kier alpha value is -1.02. The van der Waals surface area contributed by atoms with Crippen molar-refractivity contribution >= 4 is 40.0 Å². The Balaban J connectivity index is 2.49. The number of aromatic nitrogens is 1. The first kappa shape index (κ1) is 16.4. The molecule has 2 aromatic rings. The highest BCUT2D eigenvalue weighted by Crippen LogP contribution is 2.25. The van der Waals surface area contributed by atoms with E-state index in [9.17, 15) is 13.8 Å². The van der Waals surface area contributed by atoms with E-state index in [0.29, 0.717) is 15.1 Å². The van der Waals surface area contributed by atoms with Gasteiger partial charge < -0.3 is 13.9 Å². The Kier molecular flexibility index (Phi) is 5.69. The van der Waals surface area contributed by atoms with Crippen LogP contribution in [0.15, 0.2) is 45.8 Å². The third-order valence-corrected chi connectivity index (χ3v) is 3.88. The van der Waals surface area contributed by atoms with Crippen LogP contribution in [-0.4, -0.2) is 16.3 Å². The molecule has 1 heterocycles. The molecule has 112 valence electrons. The van der Waals surface area contributed by atoms with Crippen molar-refractivity contribution in [3.63, 3.8) is 0 Å². The number of aliphatic hydroxyl groups is 1. The third-order valence-electron chi connectivity index (χ3n) is 2.85. The zero-order valence-corrected chi connectivity index (χ0v) is 13.7. The molecule has 1 unspecified atom stereocenters. The maximum Gasteiger partial charge on any atom is 0.272 e. The number of benzene rings is 1. The van der Waals surface area contributed by atoms with Gasteiger partial charge >= 0.3 is 0 Å². The van der Waals surface area contributed by atoms with Crippen LogP contribution in [0.2, 0.25) is 5.02 Å². The SMILES string of the molecule is O=c1c(Br)cc(Cl)cn1C(CO)c1cccc(OSF)c1. The first-order valence-electron chi connectivity index (χ1n) is 5.80. The Morgan fingerprint density at radius 3 is 2.90 bits per heavy atom. The van der Waals surface area contributed by atoms with Crippen molar-refractivity contribution < 1.29 is 13.2 Å². The predicted molar refractivity (Wildman–Crippen MR) is 84.4 cm³/mol. The van der Waals surface area contributed by atoms with Gasteiger partial charge in [0.1, 0.15) is 5.75 Å². The molecule has 1 atom stereocenters. The lowest BCUT2D eigenvalue weighted by molar-refractivity contribution is 0.246. The summed E-state index contributed by atoms with van der Waals surface area (Å²) in [5.74, 6) is 0.285. The Labute approximate surface area is 138 Å². The Morgan fingerprint density at radius 2 is 2.24 bits per heavy atom. The molecule has 0 fully saturated rings. The molecular formula is C13H10BrClFNO3S.